The van der Waals surface area contributed by atoms with Gasteiger partial charge in [-0.15, -0.1) is 0 Å². The molecule has 0 aromatic rings. The van der Waals surface area contributed by atoms with E-state index in [4.69, 9.17) is 22.6 Å². The quantitative estimate of drug-likeness (QED) is 0.00672. The molecule has 32 nitrogen and oxygen atoms in total. The number of ketones is 3. The molecule has 0 radical (unpaired) electrons. The second-order valence-electron chi connectivity index (χ2n) is 17.5. The average Bonchev–Trinajstić information content (AvgIpc) is 3.37. The first kappa shape index (κ1) is 69.6. The number of hydrogen-bond acceptors (Lipinski definition) is 23. The molecular weight excluding hydrogens is 1020 g/mol. The molecule has 32 heteroatoms. The molecule has 6 amide bonds. The van der Waals surface area contributed by atoms with E-state index in [0.717, 1.165) is 13.8 Å². The zero-order valence-corrected chi connectivity index (χ0v) is 43.6. The molecule has 20 N–H and O–H groups in total. The van der Waals surface area contributed by atoms with Gasteiger partial charge in [0.2, 0.25) is 17.6 Å². The molecule has 0 unspecified atom stereocenters. The first-order chi connectivity index (χ1) is 36.4. The molecule has 0 saturated heterocycles. The lowest BCUT2D eigenvalue weighted by atomic mass is 10.00. The Balaban J connectivity index is 7.81. The van der Waals surface area contributed by atoms with E-state index >= 15 is 0 Å². The Kier molecular flexibility index (Phi) is 34.6. The summed E-state index contributed by atoms with van der Waals surface area (Å²) in [6, 6.07) is -8.43. The molecule has 0 fully saturated rings. The fourth-order valence-electron chi connectivity index (χ4n) is 6.84. The van der Waals surface area contributed by atoms with Gasteiger partial charge in [-0.1, -0.05) is 33.6 Å². The Labute approximate surface area is 443 Å². The van der Waals surface area contributed by atoms with Gasteiger partial charge in [-0.3, -0.25) is 85.3 Å². The van der Waals surface area contributed by atoms with Crippen molar-refractivity contribution in [3.05, 3.63) is 0 Å². The number of rotatable bonds is 45. The molecule has 0 aliphatic heterocycles. The van der Waals surface area contributed by atoms with Crippen LogP contribution < -0.4 is 81.0 Å². The van der Waals surface area contributed by atoms with Crippen LogP contribution in [0.5, 0.6) is 0 Å². The Morgan fingerprint density at radius 2 is 1.05 bits per heavy atom. The average molecular weight is 1100 g/mol. The van der Waals surface area contributed by atoms with Crippen molar-refractivity contribution in [3.63, 3.8) is 0 Å². The van der Waals surface area contributed by atoms with E-state index in [0.29, 0.717) is 25.3 Å². The molecule has 77 heavy (non-hydrogen) atoms. The van der Waals surface area contributed by atoms with Crippen LogP contribution in [0.3, 0.4) is 0 Å². The third kappa shape index (κ3) is 27.8. The zero-order valence-electron chi connectivity index (χ0n) is 43.6. The fraction of sp³-hybridized carbons (Fsp3) is 0.644. The van der Waals surface area contributed by atoms with Crippen molar-refractivity contribution in [1.29, 1.82) is 5.41 Å². The topological polar surface area (TPSA) is 523 Å². The molecule has 0 aromatic carbocycles. The summed E-state index contributed by atoms with van der Waals surface area (Å²) in [7, 11) is 0. The van der Waals surface area contributed by atoms with Crippen molar-refractivity contribution in [2.75, 3.05) is 19.6 Å². The smallest absolute Gasteiger partial charge is 0.305 e. The molecule has 0 saturated carbocycles. The molecule has 0 bridgehead atoms. The highest BCUT2D eigenvalue weighted by Gasteiger charge is 2.38. The largest absolute Gasteiger partial charge is 0.481 e. The molecule has 0 aromatic heterocycles. The second kappa shape index (κ2) is 38.2. The minimum absolute atomic E-state index is 0.0231. The van der Waals surface area contributed by atoms with Gasteiger partial charge >= 0.3 is 5.97 Å². The maximum atomic E-state index is 14.7. The van der Waals surface area contributed by atoms with Gasteiger partial charge in [-0.25, -0.2) is 0 Å². The van der Waals surface area contributed by atoms with Gasteiger partial charge in [0.15, 0.2) is 42.2 Å². The van der Waals surface area contributed by atoms with E-state index < -0.39 is 145 Å². The maximum absolute atomic E-state index is 14.7. The monoisotopic (exact) mass is 1100 g/mol. The number of amides is 6. The molecular formula is C45H76N16O16. The Bertz CT molecular complexity index is 2070. The van der Waals surface area contributed by atoms with E-state index in [1.54, 1.807) is 13.8 Å². The molecule has 12 atom stereocenters. The molecule has 0 aliphatic carbocycles. The number of unbranched alkanes of at least 4 members (excludes halogenated alkanes) is 1. The van der Waals surface area contributed by atoms with Gasteiger partial charge in [0, 0.05) is 19.9 Å². The van der Waals surface area contributed by atoms with Crippen LogP contribution in [-0.4, -0.2) is 188 Å². The van der Waals surface area contributed by atoms with Gasteiger partial charge in [0.05, 0.1) is 49.2 Å². The van der Waals surface area contributed by atoms with Crippen molar-refractivity contribution in [1.82, 2.24) is 63.8 Å². The number of carboxylic acid groups (broad SMARTS) is 1. The van der Waals surface area contributed by atoms with Crippen molar-refractivity contribution in [2.45, 2.75) is 159 Å². The summed E-state index contributed by atoms with van der Waals surface area (Å²) in [5.41, 5.74) is 16.2. The van der Waals surface area contributed by atoms with Crippen LogP contribution in [0, 0.1) is 11.3 Å². The third-order valence-corrected chi connectivity index (χ3v) is 11.3. The van der Waals surface area contributed by atoms with E-state index in [9.17, 15) is 77.0 Å². The van der Waals surface area contributed by atoms with Crippen LogP contribution in [0.25, 0.3) is 0 Å². The summed E-state index contributed by atoms with van der Waals surface area (Å²) in [4.78, 5) is 193. The number of nitrogens with two attached hydrogens (primary N) is 3. The van der Waals surface area contributed by atoms with Crippen LogP contribution >= 0.6 is 0 Å². The number of hydrogen-bond donors (Lipinski definition) is 17. The standard InChI is InChI=1S/C45H76N16O16/c1-6-23(3)31(22-66)56-39(44(77)59-37(53-27(20-64)17-32(47)69)41(74)57-35(25(5)68)52-26(19-63)11-10-14-51-45(48)49)61-43(76)38(55-30(12-8-9-13-46)34(72)24(4)67)60-42(75)36(54-28(21-65)18-33(70)71)58-40(73)29(7-2)50-15-16-62/h16,19-23,26-31,35-39,50,52-56H,6-15,17-18,46H2,1-5H3,(H2,47,69)(H,57,74)(H,58,73)(H,59,77)(H,60,75)(H,61,76)(H,70,71)(H4,48,49,51)/t23-,26-,27-,28-,29-,30+,31+,35-,36-,37-,38-,39-/m1/s1. The Morgan fingerprint density at radius 3 is 1.47 bits per heavy atom. The van der Waals surface area contributed by atoms with Crippen molar-refractivity contribution >= 4 is 96.2 Å². The second-order valence-corrected chi connectivity index (χ2v) is 17.5. The Morgan fingerprint density at radius 1 is 0.571 bits per heavy atom. The van der Waals surface area contributed by atoms with Crippen molar-refractivity contribution in [2.24, 2.45) is 23.1 Å². The lowest BCUT2D eigenvalue weighted by Crippen LogP contribution is -2.70. The molecule has 0 heterocycles. The number of nitrogens with one attached hydrogen (secondary N) is 13. The van der Waals surface area contributed by atoms with Gasteiger partial charge in [0.25, 0.3) is 23.6 Å². The van der Waals surface area contributed by atoms with E-state index in [1.165, 1.54) is 6.92 Å². The van der Waals surface area contributed by atoms with Gasteiger partial charge in [-0.2, -0.15) is 0 Å². The van der Waals surface area contributed by atoms with E-state index in [1.807, 2.05) is 0 Å². The summed E-state index contributed by atoms with van der Waals surface area (Å²) < 4.78 is 0. The van der Waals surface area contributed by atoms with Gasteiger partial charge in [0.1, 0.15) is 37.6 Å². The van der Waals surface area contributed by atoms with Gasteiger partial charge in [-0.05, 0) is 51.5 Å². The van der Waals surface area contributed by atoms with Crippen LogP contribution in [0.4, 0.5) is 0 Å². The maximum Gasteiger partial charge on any atom is 0.305 e. The summed E-state index contributed by atoms with van der Waals surface area (Å²) in [6.07, 6.45) is -9.66. The predicted octanol–water partition coefficient (Wildman–Crippen LogP) is -8.11. The molecule has 0 spiro atoms. The van der Waals surface area contributed by atoms with Crippen molar-refractivity contribution in [3.8, 4) is 0 Å². The number of aliphatic carboxylic acids is 1. The van der Waals surface area contributed by atoms with Gasteiger partial charge < -0.3 is 78.2 Å². The number of Topliss-reactive ketones (excluding diaryl/α,β-unsaturated/α-hetero) is 3. The van der Waals surface area contributed by atoms with E-state index in [-0.39, 0.29) is 76.7 Å². The summed E-state index contributed by atoms with van der Waals surface area (Å²) in [5, 5.41) is 45.6. The Hall–Kier alpha value is -7.36. The number of carbonyl (C=O) groups is 15. The summed E-state index contributed by atoms with van der Waals surface area (Å²) in [6.45, 7) is 6.65. The number of carbonyl (C=O) groups excluding carboxylic acids is 14. The van der Waals surface area contributed by atoms with Crippen LogP contribution in [0.1, 0.15) is 92.4 Å². The molecule has 0 aliphatic rings. The predicted molar refractivity (Wildman–Crippen MR) is 271 cm³/mol. The summed E-state index contributed by atoms with van der Waals surface area (Å²) >= 11 is 0. The minimum Gasteiger partial charge on any atom is -0.481 e. The van der Waals surface area contributed by atoms with Crippen LogP contribution in [0.15, 0.2) is 0 Å². The minimum atomic E-state index is -2.24. The number of guanidine groups is 1. The van der Waals surface area contributed by atoms with Crippen molar-refractivity contribution < 1.29 is 77.0 Å². The first-order valence-corrected chi connectivity index (χ1v) is 24.5. The number of carboxylic acids is 1. The highest BCUT2D eigenvalue weighted by molar-refractivity contribution is 6.38. The molecule has 432 valence electrons. The van der Waals surface area contributed by atoms with Crippen LogP contribution in [0.2, 0.25) is 0 Å². The normalized spacial score (nSPS) is 15.7. The van der Waals surface area contributed by atoms with E-state index in [2.05, 4.69) is 63.8 Å². The number of aldehydes is 5. The van der Waals surface area contributed by atoms with Crippen LogP contribution in [-0.2, 0) is 71.9 Å². The SMILES string of the molecule is CC[C@@H](C)[C@H](C=O)N[C@H](NC(=O)[C@@H](NC(=O)[C@@H](NC(=O)[C@@H](CC)NCC=O)N[C@@H](C=O)CC(=O)O)N[C@@H](CCCCN)C(=O)C(C)=O)C(=O)N[C@@H](N[C@@H](C=O)CC(N)=O)C(=O)N[C@@H](N[C@@H](C=O)CCCNC(=N)N)C(C)=O. The fourth-order valence-corrected chi connectivity index (χ4v) is 6.84. The zero-order chi connectivity index (χ0) is 58.8. The first-order valence-electron chi connectivity index (χ1n) is 24.5. The molecule has 0 rings (SSSR count). The highest BCUT2D eigenvalue weighted by atomic mass is 16.4. The summed E-state index contributed by atoms with van der Waals surface area (Å²) in [5.74, 6) is -13.0. The number of primary amides is 1. The lowest BCUT2D eigenvalue weighted by Gasteiger charge is -2.32. The lowest BCUT2D eigenvalue weighted by molar-refractivity contribution is -0.140. The highest BCUT2D eigenvalue weighted by Crippen LogP contribution is 2.09. The third-order valence-electron chi connectivity index (χ3n) is 11.3.